The highest BCUT2D eigenvalue weighted by Crippen LogP contribution is 2.20. The Bertz CT molecular complexity index is 1140. The van der Waals surface area contributed by atoms with Gasteiger partial charge in [-0.1, -0.05) is 45.5 Å². The van der Waals surface area contributed by atoms with Gasteiger partial charge < -0.3 is 9.64 Å². The maximum absolute atomic E-state index is 12.8. The first-order chi connectivity index (χ1) is 12.6. The van der Waals surface area contributed by atoms with E-state index >= 15 is 0 Å². The fourth-order valence-corrected chi connectivity index (χ4v) is 4.18. The Kier molecular flexibility index (Phi) is 4.65. The number of hydrogen-bond acceptors (Lipinski definition) is 5. The SMILES string of the molecule is COc1cccc(/C=c2\sc3n(c2=O)CN(c2cccc(Br)c2)CN=3)c1. The quantitative estimate of drug-likeness (QED) is 0.642. The van der Waals surface area contributed by atoms with Gasteiger partial charge in [0.25, 0.3) is 5.56 Å². The molecular formula is C19H16BrN3O2S. The molecule has 0 radical (unpaired) electrons. The highest BCUT2D eigenvalue weighted by atomic mass is 79.9. The fourth-order valence-electron chi connectivity index (χ4n) is 2.83. The summed E-state index contributed by atoms with van der Waals surface area (Å²) in [5.74, 6) is 0.769. The van der Waals surface area contributed by atoms with Gasteiger partial charge in [-0.2, -0.15) is 0 Å². The molecule has 0 unspecified atom stereocenters. The Hall–Kier alpha value is -2.38. The molecule has 3 aromatic rings. The minimum Gasteiger partial charge on any atom is -0.497 e. The minimum atomic E-state index is -0.0173. The highest BCUT2D eigenvalue weighted by Gasteiger charge is 2.16. The number of nitrogens with zero attached hydrogens (tertiary/aromatic N) is 3. The Labute approximate surface area is 162 Å². The normalized spacial score (nSPS) is 14.1. The summed E-state index contributed by atoms with van der Waals surface area (Å²) < 4.78 is 8.65. The van der Waals surface area contributed by atoms with Crippen molar-refractivity contribution < 1.29 is 4.74 Å². The van der Waals surface area contributed by atoms with E-state index in [2.05, 4.69) is 25.8 Å². The number of rotatable bonds is 3. The molecule has 0 saturated carbocycles. The first-order valence-corrected chi connectivity index (χ1v) is 9.65. The summed E-state index contributed by atoms with van der Waals surface area (Å²) in [6, 6.07) is 15.7. The molecule has 5 nitrogen and oxygen atoms in total. The number of aromatic nitrogens is 1. The number of fused-ring (bicyclic) bond motifs is 1. The first kappa shape index (κ1) is 17.1. The summed E-state index contributed by atoms with van der Waals surface area (Å²) in [4.78, 5) is 20.2. The monoisotopic (exact) mass is 429 g/mol. The van der Waals surface area contributed by atoms with Crippen LogP contribution in [0.4, 0.5) is 5.69 Å². The van der Waals surface area contributed by atoms with Crippen molar-refractivity contribution in [2.24, 2.45) is 4.99 Å². The highest BCUT2D eigenvalue weighted by molar-refractivity contribution is 9.10. The van der Waals surface area contributed by atoms with Crippen LogP contribution in [-0.2, 0) is 6.67 Å². The molecule has 132 valence electrons. The van der Waals surface area contributed by atoms with Crippen molar-refractivity contribution in [3.63, 3.8) is 0 Å². The molecule has 1 aromatic heterocycles. The molecule has 0 bridgehead atoms. The van der Waals surface area contributed by atoms with Crippen LogP contribution in [-0.4, -0.2) is 18.3 Å². The van der Waals surface area contributed by atoms with Crippen LogP contribution in [0.1, 0.15) is 5.56 Å². The van der Waals surface area contributed by atoms with Gasteiger partial charge in [0.2, 0.25) is 0 Å². The topological polar surface area (TPSA) is 46.8 Å². The molecule has 0 aliphatic carbocycles. The zero-order valence-electron chi connectivity index (χ0n) is 14.1. The lowest BCUT2D eigenvalue weighted by molar-refractivity contribution is 0.414. The molecule has 0 spiro atoms. The van der Waals surface area contributed by atoms with E-state index in [4.69, 9.17) is 4.74 Å². The maximum atomic E-state index is 12.8. The third kappa shape index (κ3) is 3.32. The number of anilines is 1. The average Bonchev–Trinajstić information content (AvgIpc) is 2.97. The first-order valence-electron chi connectivity index (χ1n) is 8.04. The predicted octanol–water partition coefficient (Wildman–Crippen LogP) is 2.56. The van der Waals surface area contributed by atoms with Crippen LogP contribution in [0.2, 0.25) is 0 Å². The number of thiazole rings is 1. The molecular weight excluding hydrogens is 414 g/mol. The van der Waals surface area contributed by atoms with Crippen molar-refractivity contribution in [1.29, 1.82) is 0 Å². The van der Waals surface area contributed by atoms with Gasteiger partial charge in [0.15, 0.2) is 4.80 Å². The summed E-state index contributed by atoms with van der Waals surface area (Å²) in [6.07, 6.45) is 1.89. The van der Waals surface area contributed by atoms with Crippen molar-refractivity contribution >= 4 is 39.0 Å². The smallest absolute Gasteiger partial charge is 0.271 e. The van der Waals surface area contributed by atoms with Crippen LogP contribution >= 0.6 is 27.3 Å². The second-order valence-electron chi connectivity index (χ2n) is 5.86. The third-order valence-electron chi connectivity index (χ3n) is 4.14. The van der Waals surface area contributed by atoms with E-state index < -0.39 is 0 Å². The van der Waals surface area contributed by atoms with E-state index in [0.717, 1.165) is 26.3 Å². The molecule has 0 saturated heterocycles. The minimum absolute atomic E-state index is 0.0173. The van der Waals surface area contributed by atoms with Gasteiger partial charge in [0.1, 0.15) is 19.1 Å². The van der Waals surface area contributed by atoms with E-state index in [1.165, 1.54) is 11.3 Å². The van der Waals surface area contributed by atoms with Crippen LogP contribution < -0.4 is 24.5 Å². The number of methoxy groups -OCH3 is 1. The van der Waals surface area contributed by atoms with E-state index in [9.17, 15) is 4.79 Å². The lowest BCUT2D eigenvalue weighted by Gasteiger charge is -2.25. The van der Waals surface area contributed by atoms with Crippen molar-refractivity contribution in [2.75, 3.05) is 18.7 Å². The molecule has 4 rings (SSSR count). The number of benzene rings is 2. The second-order valence-corrected chi connectivity index (χ2v) is 7.79. The van der Waals surface area contributed by atoms with Crippen molar-refractivity contribution in [3.8, 4) is 5.75 Å². The molecule has 2 heterocycles. The van der Waals surface area contributed by atoms with Crippen LogP contribution in [0.3, 0.4) is 0 Å². The molecule has 1 aliphatic rings. The van der Waals surface area contributed by atoms with Crippen LogP contribution in [0.25, 0.3) is 6.08 Å². The molecule has 7 heteroatoms. The van der Waals surface area contributed by atoms with Crippen molar-refractivity contribution in [1.82, 2.24) is 4.57 Å². The number of hydrogen-bond donors (Lipinski definition) is 0. The lowest BCUT2D eigenvalue weighted by atomic mass is 10.2. The summed E-state index contributed by atoms with van der Waals surface area (Å²) in [5.41, 5.74) is 1.95. The summed E-state index contributed by atoms with van der Waals surface area (Å²) in [5, 5.41) is 0. The molecule has 0 fully saturated rings. The van der Waals surface area contributed by atoms with Gasteiger partial charge in [0.05, 0.1) is 11.6 Å². The van der Waals surface area contributed by atoms with Crippen LogP contribution in [0, 0.1) is 0 Å². The molecule has 0 N–H and O–H groups in total. The van der Waals surface area contributed by atoms with Gasteiger partial charge in [-0.25, -0.2) is 4.99 Å². The second kappa shape index (κ2) is 7.09. The molecule has 1 aliphatic heterocycles. The van der Waals surface area contributed by atoms with Crippen molar-refractivity contribution in [3.05, 3.63) is 78.3 Å². The van der Waals surface area contributed by atoms with Gasteiger partial charge in [-0.15, -0.1) is 0 Å². The Balaban J connectivity index is 1.71. The van der Waals surface area contributed by atoms with Gasteiger partial charge >= 0.3 is 0 Å². The summed E-state index contributed by atoms with van der Waals surface area (Å²) in [6.45, 7) is 1.03. The Morgan fingerprint density at radius 3 is 2.88 bits per heavy atom. The van der Waals surface area contributed by atoms with Gasteiger partial charge in [-0.3, -0.25) is 9.36 Å². The van der Waals surface area contributed by atoms with Crippen LogP contribution in [0.5, 0.6) is 5.75 Å². The molecule has 0 amide bonds. The zero-order valence-corrected chi connectivity index (χ0v) is 16.5. The van der Waals surface area contributed by atoms with Gasteiger partial charge in [-0.05, 0) is 42.0 Å². The number of halogens is 1. The molecule has 0 atom stereocenters. The Morgan fingerprint density at radius 2 is 2.08 bits per heavy atom. The largest absolute Gasteiger partial charge is 0.497 e. The van der Waals surface area contributed by atoms with E-state index in [1.54, 1.807) is 11.7 Å². The van der Waals surface area contributed by atoms with E-state index in [0.29, 0.717) is 17.9 Å². The standard InChI is InChI=1S/C19H16BrN3O2S/c1-25-16-7-2-4-13(8-16)9-17-18(24)23-12-22(11-21-19(23)26-17)15-6-3-5-14(20)10-15/h2-10H,11-12H2,1H3/b17-9-. The van der Waals surface area contributed by atoms with Crippen molar-refractivity contribution in [2.45, 2.75) is 6.67 Å². The maximum Gasteiger partial charge on any atom is 0.271 e. The number of ether oxygens (including phenoxy) is 1. The van der Waals surface area contributed by atoms with E-state index in [-0.39, 0.29) is 5.56 Å². The predicted molar refractivity (Wildman–Crippen MR) is 107 cm³/mol. The average molecular weight is 430 g/mol. The third-order valence-corrected chi connectivity index (χ3v) is 5.68. The van der Waals surface area contributed by atoms with Crippen LogP contribution in [0.15, 0.2) is 62.8 Å². The van der Waals surface area contributed by atoms with E-state index in [1.807, 2.05) is 54.6 Å². The Morgan fingerprint density at radius 1 is 1.23 bits per heavy atom. The molecule has 2 aromatic carbocycles. The summed E-state index contributed by atoms with van der Waals surface area (Å²) >= 11 is 4.91. The van der Waals surface area contributed by atoms with Gasteiger partial charge in [0, 0.05) is 10.2 Å². The fraction of sp³-hybridized carbons (Fsp3) is 0.158. The zero-order chi connectivity index (χ0) is 18.1. The summed E-state index contributed by atoms with van der Waals surface area (Å²) in [7, 11) is 1.63. The lowest BCUT2D eigenvalue weighted by Crippen LogP contribution is -2.42. The molecule has 26 heavy (non-hydrogen) atoms.